The summed E-state index contributed by atoms with van der Waals surface area (Å²) in [4.78, 5) is 11.5. The van der Waals surface area contributed by atoms with E-state index < -0.39 is 11.0 Å². The Morgan fingerprint density at radius 1 is 1.09 bits per heavy atom. The smallest absolute Gasteiger partial charge is 0.269 e. The third kappa shape index (κ3) is 7.95. The molecule has 1 rings (SSSR count). The normalized spacial score (nSPS) is 12.9. The number of benzene rings is 1. The highest BCUT2D eigenvalue weighted by molar-refractivity contribution is 5.35. The Labute approximate surface area is 138 Å². The van der Waals surface area contributed by atoms with Crippen LogP contribution in [0.25, 0.3) is 0 Å². The average molecular weight is 325 g/mol. The van der Waals surface area contributed by atoms with Gasteiger partial charge < -0.3 is 14.7 Å². The zero-order valence-corrected chi connectivity index (χ0v) is 14.5. The van der Waals surface area contributed by atoms with Crippen molar-refractivity contribution >= 4 is 5.69 Å². The molecule has 0 aliphatic heterocycles. The molecule has 0 aromatic heterocycles. The summed E-state index contributed by atoms with van der Waals surface area (Å²) >= 11 is 0. The summed E-state index contributed by atoms with van der Waals surface area (Å²) in [6.45, 7) is 11.6. The van der Waals surface area contributed by atoms with Crippen molar-refractivity contribution in [3.63, 3.8) is 0 Å². The summed E-state index contributed by atoms with van der Waals surface area (Å²) in [6, 6.07) is 5.91. The summed E-state index contributed by atoms with van der Waals surface area (Å²) in [5.41, 5.74) is 0.0300. The van der Waals surface area contributed by atoms with E-state index >= 15 is 0 Å². The van der Waals surface area contributed by atoms with Gasteiger partial charge in [0.1, 0.15) is 25.0 Å². The molecule has 0 aliphatic carbocycles. The molecule has 1 aromatic carbocycles. The molecule has 0 amide bonds. The Morgan fingerprint density at radius 3 is 2.04 bits per heavy atom. The minimum absolute atomic E-state index is 0.0300. The molecule has 23 heavy (non-hydrogen) atoms. The van der Waals surface area contributed by atoms with Crippen molar-refractivity contribution in [1.82, 2.24) is 0 Å². The van der Waals surface area contributed by atoms with Crippen LogP contribution in [0.1, 0.15) is 27.7 Å². The average Bonchev–Trinajstić information content (AvgIpc) is 2.44. The van der Waals surface area contributed by atoms with Gasteiger partial charge >= 0.3 is 0 Å². The minimum Gasteiger partial charge on any atom is -0.491 e. The van der Waals surface area contributed by atoms with Crippen molar-refractivity contribution in [1.29, 1.82) is 0 Å². The van der Waals surface area contributed by atoms with Crippen LogP contribution in [0, 0.1) is 22.0 Å². The van der Waals surface area contributed by atoms with Gasteiger partial charge in [-0.1, -0.05) is 27.7 Å². The monoisotopic (exact) mass is 325 g/mol. The molecule has 0 radical (unpaired) electrons. The highest BCUT2D eigenvalue weighted by Crippen LogP contribution is 2.17. The van der Waals surface area contributed by atoms with Gasteiger partial charge in [-0.2, -0.15) is 0 Å². The molecule has 1 aromatic rings. The largest absolute Gasteiger partial charge is 0.491 e. The standard InChI is InChI=1S/C17H28N2O4/c1-13(2)9-18(10-14(3)4)11-16(20)12-23-17-7-5-15(6-8-17)19(21)22/h5-8,13-14,16,20H,9-12H2,1-4H3/p+1/t16-/m1/s1. The van der Waals surface area contributed by atoms with Gasteiger partial charge in [0.25, 0.3) is 5.69 Å². The first-order valence-corrected chi connectivity index (χ1v) is 8.16. The first kappa shape index (κ1) is 19.4. The third-order valence-electron chi connectivity index (χ3n) is 3.41. The lowest BCUT2D eigenvalue weighted by Gasteiger charge is -2.25. The molecule has 0 saturated carbocycles. The van der Waals surface area contributed by atoms with Crippen LogP contribution in [0.15, 0.2) is 24.3 Å². The number of nitrogens with zero attached hydrogens (tertiary/aromatic N) is 1. The van der Waals surface area contributed by atoms with Crippen molar-refractivity contribution < 1.29 is 19.7 Å². The second-order valence-electron chi connectivity index (χ2n) is 6.87. The first-order chi connectivity index (χ1) is 10.8. The third-order valence-corrected chi connectivity index (χ3v) is 3.41. The topological polar surface area (TPSA) is 77.0 Å². The minimum atomic E-state index is -0.558. The lowest BCUT2D eigenvalue weighted by Crippen LogP contribution is -3.14. The second-order valence-corrected chi connectivity index (χ2v) is 6.87. The fourth-order valence-corrected chi connectivity index (χ4v) is 2.65. The second kappa shape index (κ2) is 9.47. The van der Waals surface area contributed by atoms with Gasteiger partial charge in [0.2, 0.25) is 0 Å². The van der Waals surface area contributed by atoms with Gasteiger partial charge in [-0.25, -0.2) is 0 Å². The van der Waals surface area contributed by atoms with Crippen LogP contribution in [-0.4, -0.2) is 42.4 Å². The van der Waals surface area contributed by atoms with Gasteiger partial charge in [0.05, 0.1) is 18.0 Å². The number of aliphatic hydroxyl groups excluding tert-OH is 1. The van der Waals surface area contributed by atoms with Crippen LogP contribution >= 0.6 is 0 Å². The van der Waals surface area contributed by atoms with Crippen molar-refractivity contribution in [3.05, 3.63) is 34.4 Å². The van der Waals surface area contributed by atoms with E-state index in [1.807, 2.05) is 0 Å². The number of ether oxygens (including phenoxy) is 1. The number of aliphatic hydroxyl groups is 1. The van der Waals surface area contributed by atoms with E-state index in [2.05, 4.69) is 27.7 Å². The number of hydrogen-bond acceptors (Lipinski definition) is 4. The number of nitrogens with one attached hydrogen (secondary N) is 1. The maximum absolute atomic E-state index is 10.6. The van der Waals surface area contributed by atoms with Gasteiger partial charge in [-0.15, -0.1) is 0 Å². The summed E-state index contributed by atoms with van der Waals surface area (Å²) in [6.07, 6.45) is -0.558. The van der Waals surface area contributed by atoms with Crippen molar-refractivity contribution in [3.8, 4) is 5.75 Å². The summed E-state index contributed by atoms with van der Waals surface area (Å²) < 4.78 is 5.53. The maximum atomic E-state index is 10.6. The van der Waals surface area contributed by atoms with Gasteiger partial charge in [-0.05, 0) is 12.1 Å². The van der Waals surface area contributed by atoms with Gasteiger partial charge in [-0.3, -0.25) is 10.1 Å². The number of non-ortho nitro benzene ring substituents is 1. The van der Waals surface area contributed by atoms with E-state index in [4.69, 9.17) is 4.74 Å². The van der Waals surface area contributed by atoms with Crippen LogP contribution < -0.4 is 9.64 Å². The quantitative estimate of drug-likeness (QED) is 0.505. The van der Waals surface area contributed by atoms with Crippen molar-refractivity contribution in [2.75, 3.05) is 26.2 Å². The Balaban J connectivity index is 2.47. The van der Waals surface area contributed by atoms with E-state index in [0.717, 1.165) is 13.1 Å². The fourth-order valence-electron chi connectivity index (χ4n) is 2.65. The van der Waals surface area contributed by atoms with Gasteiger partial charge in [0.15, 0.2) is 0 Å². The zero-order valence-electron chi connectivity index (χ0n) is 14.5. The Morgan fingerprint density at radius 2 is 1.61 bits per heavy atom. The molecular formula is C17H29N2O4+. The summed E-state index contributed by atoms with van der Waals surface area (Å²) in [5.74, 6) is 1.68. The van der Waals surface area contributed by atoms with Crippen LogP contribution in [0.2, 0.25) is 0 Å². The first-order valence-electron chi connectivity index (χ1n) is 8.16. The predicted molar refractivity (Wildman–Crippen MR) is 89.8 cm³/mol. The Bertz CT molecular complexity index is 464. The Hall–Kier alpha value is -1.66. The van der Waals surface area contributed by atoms with Gasteiger partial charge in [0, 0.05) is 24.0 Å². The number of nitro benzene ring substituents is 1. The molecule has 0 bridgehead atoms. The van der Waals surface area contributed by atoms with E-state index in [-0.39, 0.29) is 12.3 Å². The van der Waals surface area contributed by atoms with Crippen LogP contribution in [-0.2, 0) is 0 Å². The van der Waals surface area contributed by atoms with E-state index in [9.17, 15) is 15.2 Å². The molecule has 6 heteroatoms. The number of rotatable bonds is 10. The van der Waals surface area contributed by atoms with E-state index in [1.54, 1.807) is 12.1 Å². The molecule has 0 spiro atoms. The molecule has 6 nitrogen and oxygen atoms in total. The van der Waals surface area contributed by atoms with E-state index in [0.29, 0.717) is 24.1 Å². The zero-order chi connectivity index (χ0) is 17.4. The van der Waals surface area contributed by atoms with E-state index in [1.165, 1.54) is 17.0 Å². The molecule has 0 fully saturated rings. The number of nitro groups is 1. The summed E-state index contributed by atoms with van der Waals surface area (Å²) in [7, 11) is 0. The molecule has 2 N–H and O–H groups in total. The maximum Gasteiger partial charge on any atom is 0.269 e. The molecule has 0 unspecified atom stereocenters. The van der Waals surface area contributed by atoms with Crippen molar-refractivity contribution in [2.45, 2.75) is 33.8 Å². The molecule has 130 valence electrons. The molecule has 1 atom stereocenters. The Kier molecular flexibility index (Phi) is 7.98. The van der Waals surface area contributed by atoms with Crippen LogP contribution in [0.3, 0.4) is 0 Å². The van der Waals surface area contributed by atoms with Crippen molar-refractivity contribution in [2.24, 2.45) is 11.8 Å². The lowest BCUT2D eigenvalue weighted by molar-refractivity contribution is -0.909. The highest BCUT2D eigenvalue weighted by Gasteiger charge is 2.18. The lowest BCUT2D eigenvalue weighted by atomic mass is 10.1. The molecule has 0 aliphatic rings. The predicted octanol–water partition coefficient (Wildman–Crippen LogP) is 1.53. The highest BCUT2D eigenvalue weighted by atomic mass is 16.6. The molecule has 0 saturated heterocycles. The van der Waals surface area contributed by atoms with Crippen LogP contribution in [0.5, 0.6) is 5.75 Å². The SMILES string of the molecule is CC(C)C[NH+](CC(C)C)C[C@@H](O)COc1ccc([N+](=O)[O-])cc1. The number of hydrogen-bond donors (Lipinski definition) is 2. The van der Waals surface area contributed by atoms with Crippen LogP contribution in [0.4, 0.5) is 5.69 Å². The molecule has 0 heterocycles. The number of quaternary nitrogens is 1. The molecular weight excluding hydrogens is 296 g/mol. The fraction of sp³-hybridized carbons (Fsp3) is 0.647. The summed E-state index contributed by atoms with van der Waals surface area (Å²) in [5, 5.41) is 20.8.